The van der Waals surface area contributed by atoms with Gasteiger partial charge in [0.15, 0.2) is 29.7 Å². The molecule has 2 aliphatic heterocycles. The predicted molar refractivity (Wildman–Crippen MR) is 143 cm³/mol. The molecule has 0 aromatic heterocycles. The summed E-state index contributed by atoms with van der Waals surface area (Å²) in [4.78, 5) is 12.9. The molecule has 0 bridgehead atoms. The van der Waals surface area contributed by atoms with Crippen LogP contribution in [0, 0.1) is 0 Å². The van der Waals surface area contributed by atoms with E-state index in [4.69, 9.17) is 23.7 Å². The number of benzene rings is 2. The first-order valence-corrected chi connectivity index (χ1v) is 13.5. The number of Topliss-reactive ketones (excluding diaryl/α,β-unsaturated/α-hetero) is 1. The van der Waals surface area contributed by atoms with E-state index in [2.05, 4.69) is 0 Å². The first-order chi connectivity index (χ1) is 20.4. The molecule has 15 heteroatoms. The monoisotopic (exact) mass is 612 g/mol. The molecule has 0 spiro atoms. The Kier molecular flexibility index (Phi) is 10.3. The van der Waals surface area contributed by atoms with Crippen LogP contribution in [-0.4, -0.2) is 127 Å². The maximum absolute atomic E-state index is 12.9. The van der Waals surface area contributed by atoms with Crippen LogP contribution in [0.1, 0.15) is 29.3 Å². The molecule has 2 aliphatic rings. The van der Waals surface area contributed by atoms with Gasteiger partial charge in [-0.2, -0.15) is 0 Å². The number of hydrogen-bond donors (Lipinski definition) is 9. The molecule has 2 aromatic carbocycles. The summed E-state index contributed by atoms with van der Waals surface area (Å²) in [6.45, 7) is 0.662. The van der Waals surface area contributed by atoms with E-state index in [1.807, 2.05) is 0 Å². The van der Waals surface area contributed by atoms with Gasteiger partial charge in [-0.3, -0.25) is 4.79 Å². The van der Waals surface area contributed by atoms with Gasteiger partial charge in [0, 0.05) is 18.6 Å². The Morgan fingerprint density at radius 2 is 1.51 bits per heavy atom. The summed E-state index contributed by atoms with van der Waals surface area (Å²) < 4.78 is 27.2. The Morgan fingerprint density at radius 3 is 2.12 bits per heavy atom. The summed E-state index contributed by atoms with van der Waals surface area (Å²) in [5.74, 6) is -2.04. The number of aryl methyl sites for hydroxylation is 1. The first-order valence-electron chi connectivity index (χ1n) is 13.5. The lowest BCUT2D eigenvalue weighted by Crippen LogP contribution is -2.64. The van der Waals surface area contributed by atoms with Gasteiger partial charge in [0.25, 0.3) is 0 Å². The first kappa shape index (κ1) is 32.7. The summed E-state index contributed by atoms with van der Waals surface area (Å²) in [7, 11) is 1.40. The fourth-order valence-electron chi connectivity index (χ4n) is 4.93. The van der Waals surface area contributed by atoms with Crippen molar-refractivity contribution in [2.45, 2.75) is 81.2 Å². The molecule has 43 heavy (non-hydrogen) atoms. The van der Waals surface area contributed by atoms with Crippen LogP contribution in [0.2, 0.25) is 0 Å². The van der Waals surface area contributed by atoms with Gasteiger partial charge >= 0.3 is 0 Å². The summed E-state index contributed by atoms with van der Waals surface area (Å²) in [6, 6.07) is 6.59. The predicted octanol–water partition coefficient (Wildman–Crippen LogP) is -1.34. The van der Waals surface area contributed by atoms with Crippen molar-refractivity contribution in [3.63, 3.8) is 0 Å². The summed E-state index contributed by atoms with van der Waals surface area (Å²) in [6.07, 6.45) is -15.5. The molecule has 2 fully saturated rings. The number of carbonyl (C=O) groups is 1. The molecule has 0 amide bonds. The molecule has 238 valence electrons. The van der Waals surface area contributed by atoms with E-state index in [0.717, 1.165) is 12.1 Å². The van der Waals surface area contributed by atoms with Crippen molar-refractivity contribution in [1.29, 1.82) is 0 Å². The quantitative estimate of drug-likeness (QED) is 0.141. The largest absolute Gasteiger partial charge is 0.507 e. The van der Waals surface area contributed by atoms with Crippen molar-refractivity contribution in [2.24, 2.45) is 0 Å². The summed E-state index contributed by atoms with van der Waals surface area (Å²) >= 11 is 0. The number of ketones is 1. The van der Waals surface area contributed by atoms with E-state index in [-0.39, 0.29) is 30.1 Å². The van der Waals surface area contributed by atoms with Crippen LogP contribution in [0.15, 0.2) is 30.3 Å². The number of methoxy groups -OCH3 is 1. The molecule has 4 rings (SSSR count). The average Bonchev–Trinajstić information content (AvgIpc) is 2.96. The fourth-order valence-corrected chi connectivity index (χ4v) is 4.93. The molecule has 2 heterocycles. The number of ether oxygens (including phenoxy) is 5. The lowest BCUT2D eigenvalue weighted by Gasteiger charge is -2.45. The maximum Gasteiger partial charge on any atom is 0.229 e. The molecule has 0 unspecified atom stereocenters. The Labute approximate surface area is 245 Å². The lowest BCUT2D eigenvalue weighted by atomic mass is 9.97. The van der Waals surface area contributed by atoms with Gasteiger partial charge in [0.1, 0.15) is 59.4 Å². The third-order valence-corrected chi connectivity index (χ3v) is 7.41. The smallest absolute Gasteiger partial charge is 0.229 e. The van der Waals surface area contributed by atoms with Crippen LogP contribution in [0.25, 0.3) is 0 Å². The molecule has 15 nitrogen and oxygen atoms in total. The number of phenolic OH excluding ortho intramolecular Hbond substituents is 3. The Morgan fingerprint density at radius 1 is 0.837 bits per heavy atom. The molecule has 0 radical (unpaired) electrons. The molecule has 10 atom stereocenters. The number of aliphatic hydroxyl groups is 6. The van der Waals surface area contributed by atoms with Crippen LogP contribution in [0.4, 0.5) is 0 Å². The van der Waals surface area contributed by atoms with Gasteiger partial charge in [-0.25, -0.2) is 0 Å². The zero-order valence-electron chi connectivity index (χ0n) is 23.3. The molecule has 2 saturated heterocycles. The van der Waals surface area contributed by atoms with Crippen molar-refractivity contribution in [3.8, 4) is 28.7 Å². The van der Waals surface area contributed by atoms with Crippen LogP contribution in [-0.2, 0) is 20.6 Å². The zero-order valence-corrected chi connectivity index (χ0v) is 23.3. The minimum atomic E-state index is -1.79. The molecule has 0 aliphatic carbocycles. The molecule has 2 aromatic rings. The van der Waals surface area contributed by atoms with E-state index < -0.39 is 90.9 Å². The highest BCUT2D eigenvalue weighted by Crippen LogP contribution is 2.37. The minimum Gasteiger partial charge on any atom is -0.507 e. The van der Waals surface area contributed by atoms with Crippen molar-refractivity contribution >= 4 is 5.78 Å². The van der Waals surface area contributed by atoms with Crippen LogP contribution in [0.5, 0.6) is 28.7 Å². The highest BCUT2D eigenvalue weighted by atomic mass is 16.8. The number of carbonyl (C=O) groups excluding carboxylic acids is 1. The number of aliphatic hydroxyl groups excluding tert-OH is 6. The van der Waals surface area contributed by atoms with Gasteiger partial charge in [0.2, 0.25) is 6.29 Å². The average molecular weight is 613 g/mol. The van der Waals surface area contributed by atoms with Gasteiger partial charge in [-0.1, -0.05) is 6.07 Å². The fraction of sp³-hybridized carbons (Fsp3) is 0.536. The highest BCUT2D eigenvalue weighted by Gasteiger charge is 2.51. The van der Waals surface area contributed by atoms with Crippen LogP contribution in [0.3, 0.4) is 0 Å². The molecular formula is C28H36O15. The third-order valence-electron chi connectivity index (χ3n) is 7.41. The zero-order chi connectivity index (χ0) is 31.6. The standard InChI is InChI=1S/C28H36O15/c1-11-21(34)23(36)25(38)27(40-11)43-26-24(37)22(35)19(10-29)42-28(26)41-13-8-16(32)20(17(33)9-13)14(30)5-3-12-4-6-18(39-2)15(31)7-12/h4,6-9,11,19,21-29,31-38H,3,5,10H2,1-2H3/t11-,19+,21-,22+,23+,24-,25+,26+,27+,28+/m0/s1. The van der Waals surface area contributed by atoms with Crippen molar-refractivity contribution in [2.75, 3.05) is 13.7 Å². The van der Waals surface area contributed by atoms with E-state index in [1.165, 1.54) is 26.2 Å². The summed E-state index contributed by atoms with van der Waals surface area (Å²) in [5.41, 5.74) is 0.208. The van der Waals surface area contributed by atoms with E-state index >= 15 is 0 Å². The van der Waals surface area contributed by atoms with Gasteiger partial charge < -0.3 is 69.6 Å². The Bertz CT molecular complexity index is 1250. The van der Waals surface area contributed by atoms with Crippen LogP contribution < -0.4 is 9.47 Å². The van der Waals surface area contributed by atoms with Crippen molar-refractivity contribution in [1.82, 2.24) is 0 Å². The third kappa shape index (κ3) is 6.95. The normalized spacial score (nSPS) is 32.7. The van der Waals surface area contributed by atoms with Gasteiger partial charge in [-0.15, -0.1) is 0 Å². The minimum absolute atomic E-state index is 0.110. The number of hydrogen-bond acceptors (Lipinski definition) is 15. The lowest BCUT2D eigenvalue weighted by molar-refractivity contribution is -0.354. The number of rotatable bonds is 10. The van der Waals surface area contributed by atoms with Gasteiger partial charge in [-0.05, 0) is 31.0 Å². The summed E-state index contributed by atoms with van der Waals surface area (Å²) in [5, 5.41) is 92.3. The van der Waals surface area contributed by atoms with Crippen molar-refractivity contribution < 1.29 is 74.4 Å². The van der Waals surface area contributed by atoms with E-state index in [0.29, 0.717) is 5.56 Å². The molecular weight excluding hydrogens is 576 g/mol. The molecule has 0 saturated carbocycles. The van der Waals surface area contributed by atoms with E-state index in [9.17, 15) is 50.8 Å². The second-order valence-electron chi connectivity index (χ2n) is 10.4. The Hall–Kier alpha value is -3.25. The second-order valence-corrected chi connectivity index (χ2v) is 10.4. The SMILES string of the molecule is COc1ccc(CCC(=O)c2c(O)cc(O[C@@H]3O[C@H](CO)[C@@H](O)[C@H](O)[C@H]3O[C@H]3O[C@@H](C)[C@H](O)[C@@H](O)[C@H]3O)cc2O)cc1O. The second kappa shape index (κ2) is 13.6. The van der Waals surface area contributed by atoms with E-state index in [1.54, 1.807) is 6.07 Å². The topological polar surface area (TPSA) is 245 Å². The number of aromatic hydroxyl groups is 3. The Balaban J connectivity index is 1.51. The molecule has 9 N–H and O–H groups in total. The maximum atomic E-state index is 12.9. The van der Waals surface area contributed by atoms with Crippen LogP contribution >= 0.6 is 0 Å². The van der Waals surface area contributed by atoms with Gasteiger partial charge in [0.05, 0.1) is 19.8 Å². The highest BCUT2D eigenvalue weighted by molar-refractivity contribution is 6.01. The number of phenols is 3. The van der Waals surface area contributed by atoms with Crippen molar-refractivity contribution in [3.05, 3.63) is 41.5 Å².